The van der Waals surface area contributed by atoms with Gasteiger partial charge in [0.05, 0.1) is 40.4 Å². The number of β-amino-alcohol motifs (C(OH)–C–C–N with tert-alkyl or cyclic N) is 1. The Bertz CT molecular complexity index is 3130. The standard InChI is InChI=1S/C54H59ClFN9O7S2/c1-27-30(4)74-53-46(27)47(33-13-15-35(55)16-14-33)60-42(50-63-62-31(5)65(50)53)23-44(67)59-37-19-41(20-37)72-40-18-36(56)17-39(22-40)71-25-45(68)61-49(54(6,7)8)52(70)64-24-38(66)21-43(64)51(69)58-28(2)32-9-11-34(12-10-32)48-29(3)57-26-73-48/h9-18,22,26,28,37-38,41-43,49,66H,19-21,23-25H2,1-8H3,(H,58,69)(H,59,67)(H,61,68)/t28-,37-,38+,41+,42-,43-,49?/m0/s1. The number of hydrogen-bond acceptors (Lipinski definition) is 13. The molecule has 5 atom stereocenters. The summed E-state index contributed by atoms with van der Waals surface area (Å²) in [6, 6.07) is 15.9. The Morgan fingerprint density at radius 1 is 0.919 bits per heavy atom. The van der Waals surface area contributed by atoms with Gasteiger partial charge in [-0.25, -0.2) is 9.37 Å². The Labute approximate surface area is 441 Å². The van der Waals surface area contributed by atoms with Gasteiger partial charge in [-0.15, -0.1) is 32.9 Å². The monoisotopic (exact) mass is 1060 g/mol. The molecule has 5 heterocycles. The number of nitrogens with one attached hydrogen (secondary N) is 3. The molecule has 2 aliphatic heterocycles. The van der Waals surface area contributed by atoms with Gasteiger partial charge in [0.15, 0.2) is 12.4 Å². The number of aliphatic hydroxyl groups excluding tert-OH is 1. The average Bonchev–Trinajstić information content (AvgIpc) is 4.11. The number of likely N-dealkylation sites (tertiary alicyclic amines) is 1. The SMILES string of the molecule is Cc1ncsc1-c1ccc([C@H](C)NC(=O)[C@@H]2C[C@@H](O)CN2C(=O)C(NC(=O)COc2cc(F)cc(O[C@H]3C[C@@H](NC(=O)C[C@@H]4N=C(c5ccc(Cl)cc5)c5c(sc(C)c5C)-n5c(C)nnc54)C3)c2)C(C)(C)C)cc1. The van der Waals surface area contributed by atoms with Gasteiger partial charge in [0.1, 0.15) is 52.4 Å². The number of carbonyl (C=O) groups excluding carboxylic acids is 4. The first-order chi connectivity index (χ1) is 35.2. The van der Waals surface area contributed by atoms with Gasteiger partial charge in [-0.05, 0) is 68.9 Å². The molecule has 9 rings (SSSR count). The molecule has 0 spiro atoms. The molecule has 4 N–H and O–H groups in total. The third-order valence-corrected chi connectivity index (χ3v) is 16.2. The maximum absolute atomic E-state index is 15.0. The number of rotatable bonds is 15. The van der Waals surface area contributed by atoms with Crippen molar-refractivity contribution in [2.24, 2.45) is 10.4 Å². The first-order valence-corrected chi connectivity index (χ1v) is 26.6. The minimum absolute atomic E-state index is 0.0248. The topological polar surface area (TPSA) is 202 Å². The van der Waals surface area contributed by atoms with Gasteiger partial charge in [0, 0.05) is 71.1 Å². The number of thiophene rings is 1. The molecule has 4 amide bonds. The van der Waals surface area contributed by atoms with Crippen LogP contribution in [-0.4, -0.2) is 103 Å². The van der Waals surface area contributed by atoms with Gasteiger partial charge in [0.25, 0.3) is 5.91 Å². The zero-order valence-electron chi connectivity index (χ0n) is 42.4. The second-order valence-electron chi connectivity index (χ2n) is 20.4. The Kier molecular flexibility index (Phi) is 15.1. The number of nitrogens with zero attached hydrogens (tertiary/aromatic N) is 6. The number of fused-ring (bicyclic) bond motifs is 3. The van der Waals surface area contributed by atoms with Crippen molar-refractivity contribution in [1.82, 2.24) is 40.6 Å². The lowest BCUT2D eigenvalue weighted by Crippen LogP contribution is -2.58. The van der Waals surface area contributed by atoms with Crippen LogP contribution in [0.3, 0.4) is 0 Å². The molecule has 388 valence electrons. The van der Waals surface area contributed by atoms with Crippen molar-refractivity contribution in [3.8, 4) is 26.9 Å². The van der Waals surface area contributed by atoms with E-state index in [1.165, 1.54) is 17.0 Å². The molecule has 1 unspecified atom stereocenters. The summed E-state index contributed by atoms with van der Waals surface area (Å²) in [6.07, 6.45) is -0.280. The molecule has 1 saturated heterocycles. The van der Waals surface area contributed by atoms with Gasteiger partial charge in [-0.3, -0.25) is 28.7 Å². The number of carbonyl (C=O) groups is 4. The summed E-state index contributed by atoms with van der Waals surface area (Å²) >= 11 is 9.45. The van der Waals surface area contributed by atoms with Gasteiger partial charge < -0.3 is 35.4 Å². The molecule has 0 bridgehead atoms. The number of aromatic nitrogens is 4. The lowest BCUT2D eigenvalue weighted by atomic mass is 9.85. The molecule has 1 aliphatic carbocycles. The predicted octanol–water partition coefficient (Wildman–Crippen LogP) is 8.24. The summed E-state index contributed by atoms with van der Waals surface area (Å²) in [5, 5.41) is 30.0. The van der Waals surface area contributed by atoms with Crippen molar-refractivity contribution in [1.29, 1.82) is 0 Å². The molecule has 3 aromatic heterocycles. The summed E-state index contributed by atoms with van der Waals surface area (Å²) in [5.74, 6) is -0.983. The first kappa shape index (κ1) is 52.3. The van der Waals surface area contributed by atoms with Crippen LogP contribution in [0.4, 0.5) is 4.39 Å². The molecule has 74 heavy (non-hydrogen) atoms. The summed E-state index contributed by atoms with van der Waals surface area (Å²) in [4.78, 5) is 68.2. The van der Waals surface area contributed by atoms with E-state index in [-0.39, 0.29) is 48.9 Å². The summed E-state index contributed by atoms with van der Waals surface area (Å²) in [7, 11) is 0. The number of halogens is 2. The van der Waals surface area contributed by atoms with Crippen molar-refractivity contribution < 1.29 is 38.1 Å². The van der Waals surface area contributed by atoms with E-state index in [4.69, 9.17) is 26.1 Å². The first-order valence-electron chi connectivity index (χ1n) is 24.5. The smallest absolute Gasteiger partial charge is 0.258 e. The molecule has 3 aliphatic rings. The van der Waals surface area contributed by atoms with Crippen LogP contribution in [0.5, 0.6) is 11.5 Å². The molecule has 1 saturated carbocycles. The predicted molar refractivity (Wildman–Crippen MR) is 282 cm³/mol. The number of amides is 4. The van der Waals surface area contributed by atoms with Crippen LogP contribution in [0, 0.1) is 38.9 Å². The molecule has 3 aromatic carbocycles. The molecule has 20 heteroatoms. The van der Waals surface area contributed by atoms with E-state index in [2.05, 4.69) is 45.0 Å². The average molecular weight is 1060 g/mol. The Morgan fingerprint density at radius 3 is 2.31 bits per heavy atom. The Hall–Kier alpha value is -6.54. The Balaban J connectivity index is 0.779. The van der Waals surface area contributed by atoms with Gasteiger partial charge in [-0.2, -0.15) is 0 Å². The minimum atomic E-state index is -1.10. The van der Waals surface area contributed by atoms with E-state index in [0.29, 0.717) is 29.5 Å². The quantitative estimate of drug-likeness (QED) is 0.0776. The van der Waals surface area contributed by atoms with Gasteiger partial charge in [0.2, 0.25) is 17.7 Å². The van der Waals surface area contributed by atoms with Crippen LogP contribution in [0.15, 0.2) is 77.2 Å². The highest BCUT2D eigenvalue weighted by Gasteiger charge is 2.45. The Morgan fingerprint density at radius 2 is 1.62 bits per heavy atom. The van der Waals surface area contributed by atoms with Crippen molar-refractivity contribution >= 4 is 63.6 Å². The van der Waals surface area contributed by atoms with Crippen molar-refractivity contribution in [2.45, 2.75) is 123 Å². The van der Waals surface area contributed by atoms with Crippen LogP contribution in [-0.2, 0) is 19.2 Å². The second kappa shape index (κ2) is 21.4. The second-order valence-corrected chi connectivity index (χ2v) is 22.9. The van der Waals surface area contributed by atoms with Crippen molar-refractivity contribution in [3.05, 3.63) is 128 Å². The minimum Gasteiger partial charge on any atom is -0.490 e. The number of aliphatic imine (C=N–C) groups is 1. The fourth-order valence-electron chi connectivity index (χ4n) is 9.62. The van der Waals surface area contributed by atoms with Crippen molar-refractivity contribution in [3.63, 3.8) is 0 Å². The van der Waals surface area contributed by atoms with E-state index in [9.17, 15) is 28.7 Å². The van der Waals surface area contributed by atoms with E-state index >= 15 is 0 Å². The van der Waals surface area contributed by atoms with Crippen molar-refractivity contribution in [2.75, 3.05) is 13.2 Å². The van der Waals surface area contributed by atoms with Gasteiger partial charge in [-0.1, -0.05) is 68.8 Å². The molecular weight excluding hydrogens is 1010 g/mol. The third-order valence-electron chi connectivity index (χ3n) is 13.8. The number of benzene rings is 3. The van der Waals surface area contributed by atoms with E-state index in [1.54, 1.807) is 49.0 Å². The molecular formula is C54H59ClFN9O7S2. The van der Waals surface area contributed by atoms with Crippen LogP contribution < -0.4 is 25.4 Å². The number of hydrogen-bond donors (Lipinski definition) is 4. The number of ether oxygens (including phenoxy) is 2. The third kappa shape index (κ3) is 11.3. The fourth-order valence-corrected chi connectivity index (χ4v) is 11.8. The van der Waals surface area contributed by atoms with Crippen LogP contribution in [0.1, 0.15) is 110 Å². The lowest BCUT2D eigenvalue weighted by molar-refractivity contribution is -0.144. The van der Waals surface area contributed by atoms with Crippen LogP contribution >= 0.6 is 34.3 Å². The molecule has 0 radical (unpaired) electrons. The van der Waals surface area contributed by atoms with Crippen LogP contribution in [0.2, 0.25) is 5.02 Å². The number of aryl methyl sites for hydroxylation is 3. The highest BCUT2D eigenvalue weighted by atomic mass is 35.5. The molecule has 16 nitrogen and oxygen atoms in total. The summed E-state index contributed by atoms with van der Waals surface area (Å²) in [5.41, 5.74) is 7.51. The summed E-state index contributed by atoms with van der Waals surface area (Å²) < 4.78 is 28.8. The maximum atomic E-state index is 15.0. The molecule has 6 aromatic rings. The number of aliphatic hydroxyl groups is 1. The zero-order chi connectivity index (χ0) is 52.7. The van der Waals surface area contributed by atoms with Crippen LogP contribution in [0.25, 0.3) is 15.4 Å². The fraction of sp³-hybridized carbons (Fsp3) is 0.407. The lowest BCUT2D eigenvalue weighted by Gasteiger charge is -2.36. The van der Waals surface area contributed by atoms with Gasteiger partial charge >= 0.3 is 0 Å². The van der Waals surface area contributed by atoms with E-state index in [1.807, 2.05) is 73.9 Å². The normalized spacial score (nSPS) is 20.0. The zero-order valence-corrected chi connectivity index (χ0v) is 44.8. The van der Waals surface area contributed by atoms with E-state index in [0.717, 1.165) is 60.0 Å². The highest BCUT2D eigenvalue weighted by Crippen LogP contribution is 2.40. The molecule has 2 fully saturated rings. The number of thiazole rings is 1. The maximum Gasteiger partial charge on any atom is 0.258 e. The van der Waals surface area contributed by atoms with E-state index < -0.39 is 65.8 Å². The largest absolute Gasteiger partial charge is 0.490 e. The summed E-state index contributed by atoms with van der Waals surface area (Å²) in [6.45, 7) is 14.5. The highest BCUT2D eigenvalue weighted by molar-refractivity contribution is 7.15.